The van der Waals surface area contributed by atoms with E-state index in [0.29, 0.717) is 13.1 Å². The first-order valence-electron chi connectivity index (χ1n) is 9.11. The van der Waals surface area contributed by atoms with Crippen LogP contribution in [0.3, 0.4) is 0 Å². The Morgan fingerprint density at radius 1 is 0.714 bits per heavy atom. The van der Waals surface area contributed by atoms with Gasteiger partial charge in [-0.2, -0.15) is 0 Å². The van der Waals surface area contributed by atoms with Gasteiger partial charge in [-0.25, -0.2) is 0 Å². The fourth-order valence-corrected chi connectivity index (χ4v) is 2.88. The van der Waals surface area contributed by atoms with E-state index in [4.69, 9.17) is 4.74 Å². The summed E-state index contributed by atoms with van der Waals surface area (Å²) in [6.07, 6.45) is 13.1. The highest BCUT2D eigenvalue weighted by Crippen LogP contribution is 2.21. The Morgan fingerprint density at radius 3 is 1.76 bits per heavy atom. The molecule has 0 spiro atoms. The molecular weight excluding hydrogens is 260 g/mol. The van der Waals surface area contributed by atoms with E-state index in [9.17, 15) is 4.79 Å². The predicted molar refractivity (Wildman–Crippen MR) is 91.4 cm³/mol. The fraction of sp³-hybridized carbons (Fsp3) is 0.947. The SMILES string of the molecule is CC(C)CCCC(C)CCCC(C)CCCCCOC=O. The first-order valence-corrected chi connectivity index (χ1v) is 9.11. The standard InChI is InChI=1S/C19H38O2/c1-17(2)10-8-12-19(4)14-9-13-18(3)11-6-5-7-15-21-16-20/h16-19H,5-15H2,1-4H3. The van der Waals surface area contributed by atoms with Gasteiger partial charge in [0.05, 0.1) is 6.61 Å². The van der Waals surface area contributed by atoms with E-state index in [1.165, 1.54) is 57.8 Å². The van der Waals surface area contributed by atoms with Gasteiger partial charge >= 0.3 is 0 Å². The number of hydrogen-bond donors (Lipinski definition) is 0. The van der Waals surface area contributed by atoms with E-state index >= 15 is 0 Å². The van der Waals surface area contributed by atoms with E-state index in [1.54, 1.807) is 0 Å². The molecule has 0 aliphatic heterocycles. The van der Waals surface area contributed by atoms with Crippen molar-refractivity contribution in [3.63, 3.8) is 0 Å². The smallest absolute Gasteiger partial charge is 0.293 e. The molecule has 2 nitrogen and oxygen atoms in total. The summed E-state index contributed by atoms with van der Waals surface area (Å²) >= 11 is 0. The van der Waals surface area contributed by atoms with Crippen LogP contribution in [0.25, 0.3) is 0 Å². The highest BCUT2D eigenvalue weighted by atomic mass is 16.5. The molecule has 0 aromatic rings. The minimum atomic E-state index is 0.547. The lowest BCUT2D eigenvalue weighted by Crippen LogP contribution is -2.00. The summed E-state index contributed by atoms with van der Waals surface area (Å²) in [4.78, 5) is 10.00. The van der Waals surface area contributed by atoms with Crippen molar-refractivity contribution in [2.45, 2.75) is 91.9 Å². The molecule has 0 radical (unpaired) electrons. The number of hydrogen-bond acceptors (Lipinski definition) is 2. The Balaban J connectivity index is 3.35. The number of carbonyl (C=O) groups is 1. The van der Waals surface area contributed by atoms with Crippen molar-refractivity contribution in [3.05, 3.63) is 0 Å². The summed E-state index contributed by atoms with van der Waals surface area (Å²) < 4.78 is 4.70. The summed E-state index contributed by atoms with van der Waals surface area (Å²) in [7, 11) is 0. The third-order valence-electron chi connectivity index (χ3n) is 4.40. The number of ether oxygens (including phenoxy) is 1. The minimum absolute atomic E-state index is 0.547. The average molecular weight is 299 g/mol. The molecule has 0 aromatic heterocycles. The van der Waals surface area contributed by atoms with Crippen LogP contribution in [-0.4, -0.2) is 13.1 Å². The molecule has 0 rings (SSSR count). The van der Waals surface area contributed by atoms with Crippen LogP contribution in [0.1, 0.15) is 91.9 Å². The Kier molecular flexibility index (Phi) is 14.0. The lowest BCUT2D eigenvalue weighted by molar-refractivity contribution is -0.128. The van der Waals surface area contributed by atoms with E-state index in [0.717, 1.165) is 24.2 Å². The van der Waals surface area contributed by atoms with Gasteiger partial charge in [-0.15, -0.1) is 0 Å². The van der Waals surface area contributed by atoms with E-state index in [1.807, 2.05) is 0 Å². The van der Waals surface area contributed by atoms with Crippen LogP contribution in [0.15, 0.2) is 0 Å². The van der Waals surface area contributed by atoms with Gasteiger partial charge in [-0.3, -0.25) is 4.79 Å². The molecule has 21 heavy (non-hydrogen) atoms. The number of carbonyl (C=O) groups excluding carboxylic acids is 1. The number of rotatable bonds is 15. The average Bonchev–Trinajstić information content (AvgIpc) is 2.42. The lowest BCUT2D eigenvalue weighted by atomic mass is 9.92. The second-order valence-corrected chi connectivity index (χ2v) is 7.28. The molecule has 0 heterocycles. The van der Waals surface area contributed by atoms with Crippen LogP contribution < -0.4 is 0 Å². The van der Waals surface area contributed by atoms with Crippen LogP contribution in [-0.2, 0) is 9.53 Å². The third kappa shape index (κ3) is 15.7. The maximum Gasteiger partial charge on any atom is 0.293 e. The predicted octanol–water partition coefficient (Wildman–Crippen LogP) is 5.99. The zero-order chi connectivity index (χ0) is 15.9. The summed E-state index contributed by atoms with van der Waals surface area (Å²) in [6, 6.07) is 0. The van der Waals surface area contributed by atoms with Crippen LogP contribution in [0, 0.1) is 17.8 Å². The largest absolute Gasteiger partial charge is 0.468 e. The molecule has 2 heteroatoms. The molecule has 0 N–H and O–H groups in total. The van der Waals surface area contributed by atoms with Crippen LogP contribution in [0.5, 0.6) is 0 Å². The minimum Gasteiger partial charge on any atom is -0.468 e. The van der Waals surface area contributed by atoms with Gasteiger partial charge in [-0.1, -0.05) is 85.5 Å². The van der Waals surface area contributed by atoms with Crippen LogP contribution in [0.4, 0.5) is 0 Å². The molecule has 126 valence electrons. The van der Waals surface area contributed by atoms with E-state index in [-0.39, 0.29) is 0 Å². The van der Waals surface area contributed by atoms with Crippen molar-refractivity contribution in [1.29, 1.82) is 0 Å². The zero-order valence-corrected chi connectivity index (χ0v) is 14.9. The highest BCUT2D eigenvalue weighted by Gasteiger charge is 2.06. The number of unbranched alkanes of at least 4 members (excludes halogenated alkanes) is 2. The molecule has 2 atom stereocenters. The maximum absolute atomic E-state index is 10.00. The lowest BCUT2D eigenvalue weighted by Gasteiger charge is -2.15. The summed E-state index contributed by atoms with van der Waals surface area (Å²) in [5, 5.41) is 0. The monoisotopic (exact) mass is 298 g/mol. The Bertz CT molecular complexity index is 226. The van der Waals surface area contributed by atoms with Gasteiger partial charge in [0.1, 0.15) is 0 Å². The molecule has 0 saturated carbocycles. The van der Waals surface area contributed by atoms with Crippen molar-refractivity contribution < 1.29 is 9.53 Å². The highest BCUT2D eigenvalue weighted by molar-refractivity contribution is 5.36. The Hall–Kier alpha value is -0.530. The van der Waals surface area contributed by atoms with Crippen molar-refractivity contribution in [3.8, 4) is 0 Å². The molecule has 0 saturated heterocycles. The van der Waals surface area contributed by atoms with Gasteiger partial charge in [0, 0.05) is 0 Å². The Morgan fingerprint density at radius 2 is 1.24 bits per heavy atom. The van der Waals surface area contributed by atoms with Gasteiger partial charge in [0.2, 0.25) is 0 Å². The molecule has 0 amide bonds. The van der Waals surface area contributed by atoms with Gasteiger partial charge in [0.25, 0.3) is 6.47 Å². The van der Waals surface area contributed by atoms with Gasteiger partial charge in [0.15, 0.2) is 0 Å². The fourth-order valence-electron chi connectivity index (χ4n) is 2.88. The van der Waals surface area contributed by atoms with Gasteiger partial charge in [-0.05, 0) is 24.2 Å². The van der Waals surface area contributed by atoms with Crippen molar-refractivity contribution in [2.24, 2.45) is 17.8 Å². The second kappa shape index (κ2) is 14.4. The normalized spacial score (nSPS) is 14.1. The van der Waals surface area contributed by atoms with Crippen molar-refractivity contribution >= 4 is 6.47 Å². The molecule has 0 aliphatic rings. The van der Waals surface area contributed by atoms with E-state index in [2.05, 4.69) is 27.7 Å². The summed E-state index contributed by atoms with van der Waals surface area (Å²) in [5.41, 5.74) is 0. The summed E-state index contributed by atoms with van der Waals surface area (Å²) in [5.74, 6) is 2.60. The van der Waals surface area contributed by atoms with E-state index < -0.39 is 0 Å². The molecule has 2 unspecified atom stereocenters. The van der Waals surface area contributed by atoms with Gasteiger partial charge < -0.3 is 4.74 Å². The molecule has 0 aromatic carbocycles. The topological polar surface area (TPSA) is 26.3 Å². The first kappa shape index (κ1) is 20.5. The molecule has 0 bridgehead atoms. The van der Waals surface area contributed by atoms with Crippen molar-refractivity contribution in [1.82, 2.24) is 0 Å². The van der Waals surface area contributed by atoms with Crippen LogP contribution in [0.2, 0.25) is 0 Å². The summed E-state index contributed by atoms with van der Waals surface area (Å²) in [6.45, 7) is 10.6. The quantitative estimate of drug-likeness (QED) is 0.274. The first-order chi connectivity index (χ1) is 10.1. The maximum atomic E-state index is 10.00. The molecule has 0 fully saturated rings. The zero-order valence-electron chi connectivity index (χ0n) is 14.9. The second-order valence-electron chi connectivity index (χ2n) is 7.28. The Labute approximate surface area is 133 Å². The molecule has 0 aliphatic carbocycles. The molecular formula is C19H38O2. The third-order valence-corrected chi connectivity index (χ3v) is 4.40. The van der Waals surface area contributed by atoms with Crippen LogP contribution >= 0.6 is 0 Å². The van der Waals surface area contributed by atoms with Crippen molar-refractivity contribution in [2.75, 3.05) is 6.61 Å².